The van der Waals surface area contributed by atoms with Crippen molar-refractivity contribution < 1.29 is 9.66 Å². The van der Waals surface area contributed by atoms with Crippen LogP contribution in [0.5, 0.6) is 0 Å². The predicted molar refractivity (Wildman–Crippen MR) is 78.4 cm³/mol. The zero-order chi connectivity index (χ0) is 14.4. The lowest BCUT2D eigenvalue weighted by Crippen LogP contribution is -2.05. The zero-order valence-corrected chi connectivity index (χ0v) is 11.2. The van der Waals surface area contributed by atoms with Crippen LogP contribution >= 0.6 is 0 Å². The normalized spacial score (nSPS) is 11.2. The molecule has 0 aliphatic carbocycles. The van der Waals surface area contributed by atoms with Crippen molar-refractivity contribution in [3.63, 3.8) is 0 Å². The molecule has 4 nitrogen and oxygen atoms in total. The van der Waals surface area contributed by atoms with Gasteiger partial charge < -0.3 is 4.74 Å². The number of hydrogen-bond acceptors (Lipinski definition) is 3. The molecule has 20 heavy (non-hydrogen) atoms. The van der Waals surface area contributed by atoms with Crippen LogP contribution in [-0.2, 0) is 4.74 Å². The lowest BCUT2D eigenvalue weighted by atomic mass is 10.1. The average molecular weight is 269 g/mol. The molecule has 0 aliphatic heterocycles. The molecule has 2 aromatic carbocycles. The SMILES string of the molecule is Cc1cccc(C(=Cc2ccccc2)OC[N+](=O)[O-])c1. The van der Waals surface area contributed by atoms with Gasteiger partial charge in [-0.25, -0.2) is 0 Å². The number of aryl methyl sites for hydroxylation is 1. The molecule has 0 spiro atoms. The van der Waals surface area contributed by atoms with Crippen molar-refractivity contribution in [1.29, 1.82) is 0 Å². The summed E-state index contributed by atoms with van der Waals surface area (Å²) in [6, 6.07) is 17.3. The molecule has 0 amide bonds. The Morgan fingerprint density at radius 2 is 1.95 bits per heavy atom. The Morgan fingerprint density at radius 3 is 2.60 bits per heavy atom. The minimum atomic E-state index is -0.549. The van der Waals surface area contributed by atoms with Crippen molar-refractivity contribution in [3.8, 4) is 0 Å². The number of rotatable bonds is 5. The maximum Gasteiger partial charge on any atom is 0.344 e. The van der Waals surface area contributed by atoms with E-state index >= 15 is 0 Å². The molecular weight excluding hydrogens is 254 g/mol. The van der Waals surface area contributed by atoms with Crippen molar-refractivity contribution in [2.75, 3.05) is 6.73 Å². The second-order valence-electron chi connectivity index (χ2n) is 4.39. The fraction of sp³-hybridized carbons (Fsp3) is 0.125. The van der Waals surface area contributed by atoms with E-state index in [1.807, 2.05) is 61.5 Å². The first kappa shape index (κ1) is 13.8. The predicted octanol–water partition coefficient (Wildman–Crippen LogP) is 3.74. The summed E-state index contributed by atoms with van der Waals surface area (Å²) < 4.78 is 5.31. The van der Waals surface area contributed by atoms with E-state index in [1.54, 1.807) is 6.08 Å². The van der Waals surface area contributed by atoms with Crippen LogP contribution in [0.25, 0.3) is 11.8 Å². The first-order chi connectivity index (χ1) is 9.65. The van der Waals surface area contributed by atoms with E-state index in [9.17, 15) is 10.1 Å². The van der Waals surface area contributed by atoms with E-state index in [-0.39, 0.29) is 0 Å². The smallest absolute Gasteiger partial charge is 0.344 e. The fourth-order valence-corrected chi connectivity index (χ4v) is 1.83. The summed E-state index contributed by atoms with van der Waals surface area (Å²) in [5.41, 5.74) is 2.84. The van der Waals surface area contributed by atoms with Gasteiger partial charge in [0, 0.05) is 5.56 Å². The third-order valence-corrected chi connectivity index (χ3v) is 2.73. The van der Waals surface area contributed by atoms with Crippen LogP contribution in [0, 0.1) is 17.0 Å². The molecule has 0 N–H and O–H groups in total. The summed E-state index contributed by atoms with van der Waals surface area (Å²) in [6.45, 7) is 1.42. The van der Waals surface area contributed by atoms with E-state index < -0.39 is 11.7 Å². The largest absolute Gasteiger partial charge is 0.431 e. The molecule has 0 aromatic heterocycles. The van der Waals surface area contributed by atoms with Gasteiger partial charge in [0.25, 0.3) is 0 Å². The van der Waals surface area contributed by atoms with Crippen molar-refractivity contribution in [2.45, 2.75) is 6.92 Å². The number of nitro groups is 1. The van der Waals surface area contributed by atoms with E-state index in [2.05, 4.69) is 0 Å². The average Bonchev–Trinajstić information content (AvgIpc) is 2.44. The minimum Gasteiger partial charge on any atom is -0.431 e. The zero-order valence-electron chi connectivity index (χ0n) is 11.2. The molecule has 0 atom stereocenters. The van der Waals surface area contributed by atoms with Crippen molar-refractivity contribution >= 4 is 11.8 Å². The van der Waals surface area contributed by atoms with E-state index in [1.165, 1.54) is 0 Å². The first-order valence-electron chi connectivity index (χ1n) is 6.23. The maximum absolute atomic E-state index is 10.5. The molecule has 102 valence electrons. The van der Waals surface area contributed by atoms with E-state index in [4.69, 9.17) is 4.74 Å². The van der Waals surface area contributed by atoms with E-state index in [0.717, 1.165) is 16.7 Å². The van der Waals surface area contributed by atoms with Gasteiger partial charge >= 0.3 is 6.73 Å². The van der Waals surface area contributed by atoms with Crippen LogP contribution in [0.2, 0.25) is 0 Å². The van der Waals surface area contributed by atoms with Gasteiger partial charge in [-0.05, 0) is 24.6 Å². The molecule has 2 aromatic rings. The van der Waals surface area contributed by atoms with E-state index in [0.29, 0.717) is 5.76 Å². The standard InChI is InChI=1S/C16H15NO3/c1-13-6-5-9-15(10-13)16(20-12-17(18)19)11-14-7-3-2-4-8-14/h2-11H,12H2,1H3. The highest BCUT2D eigenvalue weighted by Crippen LogP contribution is 2.20. The first-order valence-corrected chi connectivity index (χ1v) is 6.23. The molecule has 2 rings (SSSR count). The van der Waals surface area contributed by atoms with Crippen LogP contribution in [0.1, 0.15) is 16.7 Å². The van der Waals surface area contributed by atoms with Gasteiger partial charge in [0.1, 0.15) is 5.76 Å². The summed E-state index contributed by atoms with van der Waals surface area (Å²) in [5.74, 6) is 0.497. The molecule has 0 fully saturated rings. The number of benzene rings is 2. The molecule has 0 unspecified atom stereocenters. The molecular formula is C16H15NO3. The summed E-state index contributed by atoms with van der Waals surface area (Å²) in [7, 11) is 0. The van der Waals surface area contributed by atoms with Gasteiger partial charge in [-0.15, -0.1) is 0 Å². The van der Waals surface area contributed by atoms with Crippen LogP contribution in [0.15, 0.2) is 54.6 Å². The summed E-state index contributed by atoms with van der Waals surface area (Å²) in [6.07, 6.45) is 1.80. The molecule has 0 bridgehead atoms. The van der Waals surface area contributed by atoms with Crippen molar-refractivity contribution in [2.24, 2.45) is 0 Å². The van der Waals surface area contributed by atoms with Crippen molar-refractivity contribution in [3.05, 3.63) is 81.4 Å². The Labute approximate surface area is 117 Å². The quantitative estimate of drug-likeness (QED) is 0.273. The molecule has 4 heteroatoms. The Hall–Kier alpha value is -2.62. The fourth-order valence-electron chi connectivity index (χ4n) is 1.83. The summed E-state index contributed by atoms with van der Waals surface area (Å²) >= 11 is 0. The Morgan fingerprint density at radius 1 is 1.20 bits per heavy atom. The Bertz CT molecular complexity index is 621. The monoisotopic (exact) mass is 269 g/mol. The number of hydrogen-bond donors (Lipinski definition) is 0. The Kier molecular flexibility index (Phi) is 4.50. The Balaban J connectivity index is 2.34. The molecule has 0 saturated carbocycles. The van der Waals surface area contributed by atoms with Crippen LogP contribution in [-0.4, -0.2) is 11.7 Å². The second-order valence-corrected chi connectivity index (χ2v) is 4.39. The third-order valence-electron chi connectivity index (χ3n) is 2.73. The van der Waals surface area contributed by atoms with Gasteiger partial charge in [0.05, 0.1) is 4.92 Å². The summed E-state index contributed by atoms with van der Waals surface area (Å²) in [4.78, 5) is 10.0. The highest BCUT2D eigenvalue weighted by Gasteiger charge is 2.07. The number of nitrogens with zero attached hydrogens (tertiary/aromatic N) is 1. The third kappa shape index (κ3) is 3.95. The number of ether oxygens (including phenoxy) is 1. The van der Waals surface area contributed by atoms with Crippen LogP contribution < -0.4 is 0 Å². The van der Waals surface area contributed by atoms with Crippen LogP contribution in [0.3, 0.4) is 0 Å². The minimum absolute atomic E-state index is 0.491. The summed E-state index contributed by atoms with van der Waals surface area (Å²) in [5, 5.41) is 10.5. The van der Waals surface area contributed by atoms with Gasteiger partial charge in [0.2, 0.25) is 0 Å². The molecule has 0 heterocycles. The maximum atomic E-state index is 10.5. The van der Waals surface area contributed by atoms with Gasteiger partial charge in [-0.2, -0.15) is 0 Å². The molecule has 0 aliphatic rings. The highest BCUT2D eigenvalue weighted by atomic mass is 16.7. The van der Waals surface area contributed by atoms with Gasteiger partial charge in [-0.3, -0.25) is 10.1 Å². The lowest BCUT2D eigenvalue weighted by Gasteiger charge is -2.08. The van der Waals surface area contributed by atoms with Gasteiger partial charge in [-0.1, -0.05) is 54.1 Å². The lowest BCUT2D eigenvalue weighted by molar-refractivity contribution is -0.518. The van der Waals surface area contributed by atoms with Crippen LogP contribution in [0.4, 0.5) is 0 Å². The topological polar surface area (TPSA) is 52.4 Å². The molecule has 0 radical (unpaired) electrons. The van der Waals surface area contributed by atoms with Gasteiger partial charge in [0.15, 0.2) is 0 Å². The molecule has 0 saturated heterocycles. The van der Waals surface area contributed by atoms with Crippen molar-refractivity contribution in [1.82, 2.24) is 0 Å². The second kappa shape index (κ2) is 6.52. The highest BCUT2D eigenvalue weighted by molar-refractivity contribution is 5.77.